The van der Waals surface area contributed by atoms with Crippen molar-refractivity contribution in [2.75, 3.05) is 0 Å². The molecule has 0 unspecified atom stereocenters. The number of ether oxygens (including phenoxy) is 1. The van der Waals surface area contributed by atoms with Gasteiger partial charge in [0.1, 0.15) is 6.61 Å². The van der Waals surface area contributed by atoms with Crippen LogP contribution in [0.5, 0.6) is 5.75 Å². The minimum atomic E-state index is -0.365. The monoisotopic (exact) mass is 334 g/mol. The van der Waals surface area contributed by atoms with Crippen LogP contribution in [0.3, 0.4) is 0 Å². The van der Waals surface area contributed by atoms with Gasteiger partial charge in [-0.3, -0.25) is 4.68 Å². The molecule has 102 valence electrons. The van der Waals surface area contributed by atoms with Gasteiger partial charge in [-0.05, 0) is 35.9 Å². The average molecular weight is 335 g/mol. The van der Waals surface area contributed by atoms with E-state index in [1.807, 2.05) is 29.9 Å². The Kier molecular flexibility index (Phi) is 3.44. The Hall–Kier alpha value is -1.88. The highest BCUT2D eigenvalue weighted by molar-refractivity contribution is 9.10. The normalized spacial score (nSPS) is 10.9. The third-order valence-corrected chi connectivity index (χ3v) is 3.59. The molecule has 0 amide bonds. The molecule has 0 N–H and O–H groups in total. The molecule has 3 rings (SSSR count). The van der Waals surface area contributed by atoms with Crippen LogP contribution in [0.15, 0.2) is 47.1 Å². The van der Waals surface area contributed by atoms with Crippen molar-refractivity contribution >= 4 is 26.8 Å². The molecular weight excluding hydrogens is 323 g/mol. The Labute approximate surface area is 124 Å². The van der Waals surface area contributed by atoms with E-state index in [4.69, 9.17) is 4.74 Å². The molecule has 1 heterocycles. The lowest BCUT2D eigenvalue weighted by Gasteiger charge is -2.08. The Morgan fingerprint density at radius 2 is 2.10 bits per heavy atom. The molecule has 0 saturated carbocycles. The van der Waals surface area contributed by atoms with Gasteiger partial charge in [0.2, 0.25) is 0 Å². The number of hydrogen-bond donors (Lipinski definition) is 0. The number of rotatable bonds is 3. The van der Waals surface area contributed by atoms with Crippen LogP contribution >= 0.6 is 15.9 Å². The van der Waals surface area contributed by atoms with Gasteiger partial charge in [0.15, 0.2) is 11.6 Å². The third kappa shape index (κ3) is 2.54. The van der Waals surface area contributed by atoms with Gasteiger partial charge in [-0.25, -0.2) is 4.39 Å². The van der Waals surface area contributed by atoms with Crippen molar-refractivity contribution in [2.45, 2.75) is 6.61 Å². The minimum Gasteiger partial charge on any atom is -0.486 e. The first-order chi connectivity index (χ1) is 9.63. The predicted octanol–water partition coefficient (Wildman–Crippen LogP) is 4.05. The molecule has 0 aliphatic carbocycles. The van der Waals surface area contributed by atoms with E-state index >= 15 is 0 Å². The number of fused-ring (bicyclic) bond motifs is 1. The molecule has 0 atom stereocenters. The summed E-state index contributed by atoms with van der Waals surface area (Å²) in [6, 6.07) is 10.6. The summed E-state index contributed by atoms with van der Waals surface area (Å²) in [7, 11) is 1.90. The van der Waals surface area contributed by atoms with Crippen LogP contribution in [0.1, 0.15) is 5.56 Å². The third-order valence-electron chi connectivity index (χ3n) is 3.10. The largest absolute Gasteiger partial charge is 0.486 e. The van der Waals surface area contributed by atoms with Crippen LogP contribution in [0.25, 0.3) is 10.9 Å². The maximum absolute atomic E-state index is 13.6. The molecule has 0 radical (unpaired) electrons. The zero-order chi connectivity index (χ0) is 14.1. The molecule has 0 fully saturated rings. The van der Waals surface area contributed by atoms with Crippen molar-refractivity contribution in [3.05, 3.63) is 58.4 Å². The summed E-state index contributed by atoms with van der Waals surface area (Å²) < 4.78 is 21.7. The molecule has 2 aromatic carbocycles. The van der Waals surface area contributed by atoms with Gasteiger partial charge in [-0.1, -0.05) is 22.0 Å². The maximum atomic E-state index is 13.6. The van der Waals surface area contributed by atoms with Gasteiger partial charge in [-0.15, -0.1) is 0 Å². The van der Waals surface area contributed by atoms with Crippen molar-refractivity contribution < 1.29 is 9.13 Å². The van der Waals surface area contributed by atoms with E-state index in [1.165, 1.54) is 6.07 Å². The molecule has 20 heavy (non-hydrogen) atoms. The second-order valence-electron chi connectivity index (χ2n) is 4.52. The molecule has 3 nitrogen and oxygen atoms in total. The Morgan fingerprint density at radius 3 is 2.95 bits per heavy atom. The zero-order valence-electron chi connectivity index (χ0n) is 10.8. The first kappa shape index (κ1) is 13.1. The van der Waals surface area contributed by atoms with Crippen molar-refractivity contribution in [1.29, 1.82) is 0 Å². The summed E-state index contributed by atoms with van der Waals surface area (Å²) in [5.41, 5.74) is 2.03. The van der Waals surface area contributed by atoms with Crippen LogP contribution in [0.2, 0.25) is 0 Å². The van der Waals surface area contributed by atoms with Crippen LogP contribution in [0.4, 0.5) is 4.39 Å². The van der Waals surface area contributed by atoms with Crippen LogP contribution in [0, 0.1) is 5.82 Å². The fourth-order valence-corrected chi connectivity index (χ4v) is 2.39. The Bertz CT molecular complexity index is 770. The molecule has 3 aromatic rings. The molecule has 5 heteroatoms. The summed E-state index contributed by atoms with van der Waals surface area (Å²) >= 11 is 3.30. The number of benzene rings is 2. The smallest absolute Gasteiger partial charge is 0.165 e. The summed E-state index contributed by atoms with van der Waals surface area (Å²) in [5, 5.41) is 5.24. The van der Waals surface area contributed by atoms with Crippen LogP contribution < -0.4 is 4.74 Å². The lowest BCUT2D eigenvalue weighted by Crippen LogP contribution is -1.97. The lowest BCUT2D eigenvalue weighted by molar-refractivity contribution is 0.290. The first-order valence-electron chi connectivity index (χ1n) is 6.12. The summed E-state index contributed by atoms with van der Waals surface area (Å²) in [4.78, 5) is 0. The van der Waals surface area contributed by atoms with Gasteiger partial charge in [0.25, 0.3) is 0 Å². The predicted molar refractivity (Wildman–Crippen MR) is 79.1 cm³/mol. The van der Waals surface area contributed by atoms with E-state index in [0.29, 0.717) is 6.61 Å². The second kappa shape index (κ2) is 5.25. The van der Waals surface area contributed by atoms with Crippen molar-refractivity contribution in [3.63, 3.8) is 0 Å². The highest BCUT2D eigenvalue weighted by Gasteiger charge is 2.06. The molecule has 0 saturated heterocycles. The molecule has 0 spiro atoms. The zero-order valence-corrected chi connectivity index (χ0v) is 12.4. The van der Waals surface area contributed by atoms with Crippen LogP contribution in [-0.4, -0.2) is 9.78 Å². The molecule has 1 aromatic heterocycles. The van der Waals surface area contributed by atoms with Gasteiger partial charge in [0, 0.05) is 16.9 Å². The van der Waals surface area contributed by atoms with Gasteiger partial charge < -0.3 is 4.74 Å². The Morgan fingerprint density at radius 1 is 1.25 bits per heavy atom. The van der Waals surface area contributed by atoms with Crippen molar-refractivity contribution in [1.82, 2.24) is 9.78 Å². The molecular formula is C15H12BrFN2O. The Balaban J connectivity index is 1.81. The minimum absolute atomic E-state index is 0.241. The summed E-state index contributed by atoms with van der Waals surface area (Å²) in [6.45, 7) is 0.318. The van der Waals surface area contributed by atoms with Gasteiger partial charge >= 0.3 is 0 Å². The number of aromatic nitrogens is 2. The van der Waals surface area contributed by atoms with Crippen molar-refractivity contribution in [3.8, 4) is 5.75 Å². The molecule has 0 bridgehead atoms. The van der Waals surface area contributed by atoms with E-state index in [0.717, 1.165) is 20.9 Å². The van der Waals surface area contributed by atoms with Crippen LogP contribution in [-0.2, 0) is 13.7 Å². The highest BCUT2D eigenvalue weighted by Crippen LogP contribution is 2.23. The lowest BCUT2D eigenvalue weighted by atomic mass is 10.2. The van der Waals surface area contributed by atoms with Crippen molar-refractivity contribution in [2.24, 2.45) is 7.05 Å². The fourth-order valence-electron chi connectivity index (χ4n) is 2.05. The average Bonchev–Trinajstić information content (AvgIpc) is 2.81. The van der Waals surface area contributed by atoms with E-state index in [-0.39, 0.29) is 11.6 Å². The van der Waals surface area contributed by atoms with E-state index in [2.05, 4.69) is 21.0 Å². The van der Waals surface area contributed by atoms with E-state index in [1.54, 1.807) is 18.3 Å². The van der Waals surface area contributed by atoms with E-state index in [9.17, 15) is 4.39 Å². The number of nitrogens with zero attached hydrogens (tertiary/aromatic N) is 2. The van der Waals surface area contributed by atoms with Gasteiger partial charge in [-0.2, -0.15) is 5.10 Å². The number of aryl methyl sites for hydroxylation is 1. The number of hydrogen-bond acceptors (Lipinski definition) is 2. The maximum Gasteiger partial charge on any atom is 0.165 e. The topological polar surface area (TPSA) is 27.1 Å². The highest BCUT2D eigenvalue weighted by atomic mass is 79.9. The standard InChI is InChI=1S/C15H12BrFN2O/c1-19-14-5-2-10(6-11(14)8-18-19)9-20-15-7-12(16)3-4-13(15)17/h2-8H,9H2,1H3. The molecule has 0 aliphatic heterocycles. The first-order valence-corrected chi connectivity index (χ1v) is 6.91. The second-order valence-corrected chi connectivity index (χ2v) is 5.44. The quantitative estimate of drug-likeness (QED) is 0.722. The molecule has 0 aliphatic rings. The summed E-state index contributed by atoms with van der Waals surface area (Å²) in [6.07, 6.45) is 1.80. The SMILES string of the molecule is Cn1ncc2cc(COc3cc(Br)ccc3F)ccc21. The number of halogens is 2. The van der Waals surface area contributed by atoms with E-state index < -0.39 is 0 Å². The fraction of sp³-hybridized carbons (Fsp3) is 0.133. The van der Waals surface area contributed by atoms with Gasteiger partial charge in [0.05, 0.1) is 11.7 Å². The summed E-state index contributed by atoms with van der Waals surface area (Å²) in [5.74, 6) is -0.124.